The van der Waals surface area contributed by atoms with E-state index in [1.807, 2.05) is 31.2 Å². The molecule has 1 saturated heterocycles. The molecule has 1 aromatic heterocycles. The van der Waals surface area contributed by atoms with Crippen molar-refractivity contribution in [1.82, 2.24) is 20.2 Å². The van der Waals surface area contributed by atoms with Crippen molar-refractivity contribution in [2.75, 3.05) is 70.2 Å². The highest BCUT2D eigenvalue weighted by Crippen LogP contribution is 2.30. The predicted molar refractivity (Wildman–Crippen MR) is 140 cm³/mol. The van der Waals surface area contributed by atoms with Gasteiger partial charge in [0.05, 0.1) is 13.7 Å². The molecule has 1 fully saturated rings. The van der Waals surface area contributed by atoms with Crippen molar-refractivity contribution in [2.45, 2.75) is 13.3 Å². The van der Waals surface area contributed by atoms with Crippen molar-refractivity contribution in [3.63, 3.8) is 0 Å². The van der Waals surface area contributed by atoms with E-state index in [-0.39, 0.29) is 24.0 Å². The number of aromatic nitrogens is 2. The van der Waals surface area contributed by atoms with Crippen LogP contribution < -0.4 is 25.0 Å². The van der Waals surface area contributed by atoms with E-state index < -0.39 is 0 Å². The monoisotopic (exact) mass is 555 g/mol. The zero-order valence-electron chi connectivity index (χ0n) is 19.1. The minimum Gasteiger partial charge on any atom is -0.493 e. The summed E-state index contributed by atoms with van der Waals surface area (Å²) in [6.45, 7) is 8.39. The highest BCUT2D eigenvalue weighted by atomic mass is 127. The third-order valence-corrected chi connectivity index (χ3v) is 5.10. The Labute approximate surface area is 207 Å². The highest BCUT2D eigenvalue weighted by molar-refractivity contribution is 14.0. The number of nitrogens with one attached hydrogen (secondary N) is 2. The molecule has 0 bridgehead atoms. The van der Waals surface area contributed by atoms with E-state index >= 15 is 0 Å². The van der Waals surface area contributed by atoms with Gasteiger partial charge in [0.15, 0.2) is 17.5 Å². The summed E-state index contributed by atoms with van der Waals surface area (Å²) in [5.74, 6) is 2.99. The van der Waals surface area contributed by atoms with Gasteiger partial charge in [0.25, 0.3) is 0 Å². The zero-order valence-corrected chi connectivity index (χ0v) is 21.4. The number of aliphatic imine (C=N–C) groups is 1. The van der Waals surface area contributed by atoms with Gasteiger partial charge in [0.2, 0.25) is 5.95 Å². The fourth-order valence-electron chi connectivity index (χ4n) is 3.47. The number of benzene rings is 1. The summed E-state index contributed by atoms with van der Waals surface area (Å²) in [5.41, 5.74) is 0.900. The summed E-state index contributed by atoms with van der Waals surface area (Å²) in [6, 6.07) is 7.61. The van der Waals surface area contributed by atoms with Crippen LogP contribution in [0.25, 0.3) is 0 Å². The van der Waals surface area contributed by atoms with Crippen LogP contribution in [0, 0.1) is 0 Å². The van der Waals surface area contributed by atoms with Gasteiger partial charge in [-0.2, -0.15) is 0 Å². The van der Waals surface area contributed by atoms with Gasteiger partial charge >= 0.3 is 0 Å². The summed E-state index contributed by atoms with van der Waals surface area (Å²) in [7, 11) is 3.41. The second kappa shape index (κ2) is 13.9. The minimum atomic E-state index is 0. The molecule has 2 heterocycles. The number of hydrogen-bond acceptors (Lipinski definition) is 7. The Morgan fingerprint density at radius 2 is 1.88 bits per heavy atom. The smallest absolute Gasteiger partial charge is 0.225 e. The third-order valence-electron chi connectivity index (χ3n) is 5.10. The highest BCUT2D eigenvalue weighted by Gasteiger charge is 2.18. The maximum atomic E-state index is 5.64. The fraction of sp³-hybridized carbons (Fsp3) is 0.500. The molecule has 32 heavy (non-hydrogen) atoms. The van der Waals surface area contributed by atoms with Gasteiger partial charge in [0.1, 0.15) is 0 Å². The van der Waals surface area contributed by atoms with Gasteiger partial charge in [-0.1, -0.05) is 0 Å². The van der Waals surface area contributed by atoms with E-state index in [0.717, 1.165) is 63.3 Å². The SMILES string of the molecule is CCOc1cc(NC(=NC)NCCCN2CCN(c3ncccn3)CC2)ccc1OC.I. The molecule has 2 aromatic rings. The summed E-state index contributed by atoms with van der Waals surface area (Å²) in [6.07, 6.45) is 4.63. The Hall–Kier alpha value is -2.34. The van der Waals surface area contributed by atoms with Crippen LogP contribution in [0.3, 0.4) is 0 Å². The lowest BCUT2D eigenvalue weighted by Gasteiger charge is -2.34. The molecule has 1 aliphatic heterocycles. The summed E-state index contributed by atoms with van der Waals surface area (Å²) in [4.78, 5) is 17.7. The van der Waals surface area contributed by atoms with Crippen LogP contribution >= 0.6 is 24.0 Å². The molecule has 1 aromatic carbocycles. The largest absolute Gasteiger partial charge is 0.493 e. The summed E-state index contributed by atoms with van der Waals surface area (Å²) >= 11 is 0. The number of ether oxygens (including phenoxy) is 2. The van der Waals surface area contributed by atoms with E-state index in [4.69, 9.17) is 9.47 Å². The van der Waals surface area contributed by atoms with Crippen LogP contribution in [-0.4, -0.2) is 80.9 Å². The summed E-state index contributed by atoms with van der Waals surface area (Å²) < 4.78 is 11.0. The second-order valence-electron chi connectivity index (χ2n) is 7.15. The Kier molecular flexibility index (Phi) is 11.3. The van der Waals surface area contributed by atoms with Gasteiger partial charge in [0, 0.05) is 63.9 Å². The van der Waals surface area contributed by atoms with Gasteiger partial charge < -0.3 is 25.0 Å². The molecule has 10 heteroatoms. The number of halogens is 1. The average Bonchev–Trinajstić information content (AvgIpc) is 2.82. The topological polar surface area (TPSA) is 87.1 Å². The zero-order chi connectivity index (χ0) is 21.9. The molecule has 0 unspecified atom stereocenters. The van der Waals surface area contributed by atoms with Crippen LogP contribution in [0.5, 0.6) is 11.5 Å². The van der Waals surface area contributed by atoms with Crippen LogP contribution in [-0.2, 0) is 0 Å². The molecule has 2 N–H and O–H groups in total. The normalized spacial score (nSPS) is 14.5. The van der Waals surface area contributed by atoms with E-state index in [0.29, 0.717) is 18.1 Å². The predicted octanol–water partition coefficient (Wildman–Crippen LogP) is 2.70. The molecule has 0 spiro atoms. The molecule has 0 aliphatic carbocycles. The lowest BCUT2D eigenvalue weighted by atomic mass is 10.2. The lowest BCUT2D eigenvalue weighted by Crippen LogP contribution is -2.47. The van der Waals surface area contributed by atoms with Crippen molar-refractivity contribution < 1.29 is 9.47 Å². The van der Waals surface area contributed by atoms with E-state index in [1.54, 1.807) is 26.6 Å². The first-order chi connectivity index (χ1) is 15.2. The first-order valence-electron chi connectivity index (χ1n) is 10.8. The van der Waals surface area contributed by atoms with E-state index in [2.05, 4.69) is 35.4 Å². The third kappa shape index (κ3) is 7.66. The first kappa shape index (κ1) is 25.9. The van der Waals surface area contributed by atoms with Crippen LogP contribution in [0.1, 0.15) is 13.3 Å². The van der Waals surface area contributed by atoms with Crippen molar-refractivity contribution >= 4 is 41.6 Å². The second-order valence-corrected chi connectivity index (χ2v) is 7.15. The number of hydrogen-bond donors (Lipinski definition) is 2. The molecule has 1 aliphatic rings. The standard InChI is InChI=1S/C22H33N7O2.HI/c1-4-31-20-17-18(7-8-19(20)30-3)27-21(23-2)24-11-6-12-28-13-15-29(16-14-28)22-25-9-5-10-26-22;/h5,7-10,17H,4,6,11-16H2,1-3H3,(H2,23,24,27);1H. The van der Waals surface area contributed by atoms with Gasteiger partial charge in [-0.15, -0.1) is 24.0 Å². The van der Waals surface area contributed by atoms with Gasteiger partial charge in [-0.05, 0) is 38.1 Å². The van der Waals surface area contributed by atoms with Gasteiger partial charge in [-0.25, -0.2) is 9.97 Å². The number of anilines is 2. The van der Waals surface area contributed by atoms with Crippen LogP contribution in [0.2, 0.25) is 0 Å². The number of rotatable bonds is 9. The number of methoxy groups -OCH3 is 1. The lowest BCUT2D eigenvalue weighted by molar-refractivity contribution is 0.254. The van der Waals surface area contributed by atoms with Gasteiger partial charge in [-0.3, -0.25) is 9.89 Å². The molecule has 0 radical (unpaired) electrons. The number of piperazine rings is 1. The van der Waals surface area contributed by atoms with Crippen molar-refractivity contribution in [2.24, 2.45) is 4.99 Å². The van der Waals surface area contributed by atoms with Crippen molar-refractivity contribution in [3.8, 4) is 11.5 Å². The molecule has 0 saturated carbocycles. The average molecular weight is 555 g/mol. The Morgan fingerprint density at radius 1 is 1.12 bits per heavy atom. The van der Waals surface area contributed by atoms with Crippen LogP contribution in [0.4, 0.5) is 11.6 Å². The summed E-state index contributed by atoms with van der Waals surface area (Å²) in [5, 5.41) is 6.69. The van der Waals surface area contributed by atoms with E-state index in [9.17, 15) is 0 Å². The van der Waals surface area contributed by atoms with Crippen molar-refractivity contribution in [1.29, 1.82) is 0 Å². The van der Waals surface area contributed by atoms with Crippen molar-refractivity contribution in [3.05, 3.63) is 36.7 Å². The molecular formula is C22H34IN7O2. The maximum Gasteiger partial charge on any atom is 0.225 e. The molecular weight excluding hydrogens is 521 g/mol. The van der Waals surface area contributed by atoms with E-state index in [1.165, 1.54) is 0 Å². The number of guanidine groups is 1. The molecule has 9 nitrogen and oxygen atoms in total. The minimum absolute atomic E-state index is 0. The molecule has 0 atom stereocenters. The first-order valence-corrected chi connectivity index (χ1v) is 10.8. The quantitative estimate of drug-likeness (QED) is 0.212. The Morgan fingerprint density at radius 3 is 2.53 bits per heavy atom. The molecule has 176 valence electrons. The maximum absolute atomic E-state index is 5.64. The molecule has 0 amide bonds. The fourth-order valence-corrected chi connectivity index (χ4v) is 3.47. The molecule has 3 rings (SSSR count). The number of nitrogens with zero attached hydrogens (tertiary/aromatic N) is 5. The Balaban J connectivity index is 0.00000363. The Bertz CT molecular complexity index is 830. The van der Waals surface area contributed by atoms with Crippen LogP contribution in [0.15, 0.2) is 41.7 Å².